The van der Waals surface area contributed by atoms with E-state index in [1.807, 2.05) is 25.2 Å². The number of rotatable bonds is 3. The summed E-state index contributed by atoms with van der Waals surface area (Å²) in [5, 5.41) is 3.12. The lowest BCUT2D eigenvalue weighted by atomic mass is 9.98. The molecule has 0 bridgehead atoms. The van der Waals surface area contributed by atoms with E-state index in [0.29, 0.717) is 11.1 Å². The van der Waals surface area contributed by atoms with Gasteiger partial charge in [-0.2, -0.15) is 0 Å². The summed E-state index contributed by atoms with van der Waals surface area (Å²) in [6, 6.07) is 9.08. The number of halogens is 1. The van der Waals surface area contributed by atoms with Crippen LogP contribution in [-0.4, -0.2) is 12.0 Å². The fourth-order valence-electron chi connectivity index (χ4n) is 1.94. The van der Waals surface area contributed by atoms with E-state index in [4.69, 9.17) is 0 Å². The van der Waals surface area contributed by atoms with E-state index in [2.05, 4.69) is 10.3 Å². The number of nitrogens with one attached hydrogen (secondary N) is 1. The van der Waals surface area contributed by atoms with Crippen LogP contribution in [-0.2, 0) is 0 Å². The van der Waals surface area contributed by atoms with Crippen LogP contribution in [0.5, 0.6) is 0 Å². The average Bonchev–Trinajstić information content (AvgIpc) is 2.37. The molecule has 0 aliphatic heterocycles. The van der Waals surface area contributed by atoms with Gasteiger partial charge in [-0.3, -0.25) is 4.98 Å². The number of aryl methyl sites for hydroxylation is 1. The van der Waals surface area contributed by atoms with Gasteiger partial charge in [-0.05, 0) is 31.2 Å². The van der Waals surface area contributed by atoms with Gasteiger partial charge in [-0.15, -0.1) is 0 Å². The monoisotopic (exact) mass is 230 g/mol. The summed E-state index contributed by atoms with van der Waals surface area (Å²) in [7, 11) is 1.82. The maximum Gasteiger partial charge on any atom is 0.131 e. The summed E-state index contributed by atoms with van der Waals surface area (Å²) >= 11 is 0. The maximum absolute atomic E-state index is 14.1. The first-order chi connectivity index (χ1) is 8.24. The molecule has 17 heavy (non-hydrogen) atoms. The third kappa shape index (κ3) is 2.34. The van der Waals surface area contributed by atoms with E-state index in [9.17, 15) is 4.39 Å². The summed E-state index contributed by atoms with van der Waals surface area (Å²) in [4.78, 5) is 4.07. The molecule has 88 valence electrons. The predicted octanol–water partition coefficient (Wildman–Crippen LogP) is 2.84. The normalized spacial score (nSPS) is 12.4. The van der Waals surface area contributed by atoms with Gasteiger partial charge >= 0.3 is 0 Å². The fourth-order valence-corrected chi connectivity index (χ4v) is 1.94. The first-order valence-corrected chi connectivity index (χ1v) is 5.56. The molecule has 1 unspecified atom stereocenters. The van der Waals surface area contributed by atoms with Crippen LogP contribution in [0.1, 0.15) is 22.7 Å². The fraction of sp³-hybridized carbons (Fsp3) is 0.214. The summed E-state index contributed by atoms with van der Waals surface area (Å²) < 4.78 is 14.1. The van der Waals surface area contributed by atoms with E-state index in [1.165, 1.54) is 0 Å². The highest BCUT2D eigenvalue weighted by Crippen LogP contribution is 2.24. The Hall–Kier alpha value is -1.74. The van der Waals surface area contributed by atoms with Crippen molar-refractivity contribution >= 4 is 0 Å². The molecule has 1 N–H and O–H groups in total. The molecule has 1 aromatic carbocycles. The largest absolute Gasteiger partial charge is 0.309 e. The Morgan fingerprint density at radius 2 is 2.06 bits per heavy atom. The van der Waals surface area contributed by atoms with Crippen LogP contribution in [0, 0.1) is 12.7 Å². The molecule has 1 aromatic heterocycles. The number of benzene rings is 1. The second-order valence-corrected chi connectivity index (χ2v) is 3.99. The van der Waals surface area contributed by atoms with E-state index in [1.54, 1.807) is 31.5 Å². The molecule has 0 radical (unpaired) electrons. The van der Waals surface area contributed by atoms with Gasteiger partial charge in [0.15, 0.2) is 0 Å². The van der Waals surface area contributed by atoms with Crippen molar-refractivity contribution in [2.75, 3.05) is 7.05 Å². The zero-order valence-corrected chi connectivity index (χ0v) is 9.94. The minimum absolute atomic E-state index is 0.157. The number of nitrogens with zero attached hydrogens (tertiary/aromatic N) is 1. The summed E-state index contributed by atoms with van der Waals surface area (Å²) in [6.45, 7) is 1.77. The molecule has 2 nitrogen and oxygen atoms in total. The maximum atomic E-state index is 14.1. The van der Waals surface area contributed by atoms with Crippen LogP contribution < -0.4 is 5.32 Å². The quantitative estimate of drug-likeness (QED) is 0.877. The van der Waals surface area contributed by atoms with Crippen LogP contribution in [0.25, 0.3) is 0 Å². The molecule has 3 heteroatoms. The van der Waals surface area contributed by atoms with Gasteiger partial charge in [0, 0.05) is 18.0 Å². The molecule has 0 fully saturated rings. The summed E-state index contributed by atoms with van der Waals surface area (Å²) in [5.74, 6) is -0.157. The number of pyridine rings is 1. The Bertz CT molecular complexity index is 497. The second-order valence-electron chi connectivity index (χ2n) is 3.99. The first kappa shape index (κ1) is 11.7. The van der Waals surface area contributed by atoms with Gasteiger partial charge in [0.1, 0.15) is 5.82 Å². The Morgan fingerprint density at radius 1 is 1.24 bits per heavy atom. The zero-order valence-electron chi connectivity index (χ0n) is 9.94. The van der Waals surface area contributed by atoms with Gasteiger partial charge in [0.05, 0.1) is 6.04 Å². The molecule has 0 aliphatic carbocycles. The molecule has 0 saturated heterocycles. The lowest BCUT2D eigenvalue weighted by Gasteiger charge is -2.18. The molecule has 0 saturated carbocycles. The van der Waals surface area contributed by atoms with Gasteiger partial charge < -0.3 is 5.32 Å². The molecule has 0 spiro atoms. The number of hydrogen-bond donors (Lipinski definition) is 1. The average molecular weight is 230 g/mol. The lowest BCUT2D eigenvalue weighted by Crippen LogP contribution is -2.19. The Labute approximate surface area is 101 Å². The van der Waals surface area contributed by atoms with E-state index in [-0.39, 0.29) is 11.9 Å². The van der Waals surface area contributed by atoms with Gasteiger partial charge in [0.2, 0.25) is 0 Å². The minimum Gasteiger partial charge on any atom is -0.309 e. The molecule has 0 amide bonds. The van der Waals surface area contributed by atoms with Crippen molar-refractivity contribution in [1.29, 1.82) is 0 Å². The molecule has 0 aliphatic rings. The van der Waals surface area contributed by atoms with Crippen LogP contribution in [0.3, 0.4) is 0 Å². The smallest absolute Gasteiger partial charge is 0.131 e. The molecule has 2 aromatic rings. The van der Waals surface area contributed by atoms with E-state index < -0.39 is 0 Å². The molecular weight excluding hydrogens is 215 g/mol. The topological polar surface area (TPSA) is 24.9 Å². The van der Waals surface area contributed by atoms with Crippen LogP contribution in [0.4, 0.5) is 4.39 Å². The first-order valence-electron chi connectivity index (χ1n) is 5.56. The van der Waals surface area contributed by atoms with Crippen molar-refractivity contribution < 1.29 is 4.39 Å². The highest BCUT2D eigenvalue weighted by Gasteiger charge is 2.16. The van der Waals surface area contributed by atoms with E-state index in [0.717, 1.165) is 5.56 Å². The Balaban J connectivity index is 2.46. The summed E-state index contributed by atoms with van der Waals surface area (Å²) in [6.07, 6.45) is 3.46. The third-order valence-electron chi connectivity index (χ3n) is 2.84. The van der Waals surface area contributed by atoms with Crippen LogP contribution in [0.15, 0.2) is 42.7 Å². The standard InChI is InChI=1S/C14H15FN2/c1-10-5-3-7-12(13(10)15)14(16-2)11-6-4-8-17-9-11/h3-9,14,16H,1-2H3. The van der Waals surface area contributed by atoms with Crippen LogP contribution >= 0.6 is 0 Å². The van der Waals surface area contributed by atoms with Crippen molar-refractivity contribution in [3.63, 3.8) is 0 Å². The van der Waals surface area contributed by atoms with Crippen molar-refractivity contribution in [3.8, 4) is 0 Å². The van der Waals surface area contributed by atoms with Crippen molar-refractivity contribution in [1.82, 2.24) is 10.3 Å². The predicted molar refractivity (Wildman–Crippen MR) is 66.3 cm³/mol. The highest BCUT2D eigenvalue weighted by atomic mass is 19.1. The summed E-state index contributed by atoms with van der Waals surface area (Å²) in [5.41, 5.74) is 2.27. The number of aromatic nitrogens is 1. The Kier molecular flexibility index (Phi) is 3.49. The van der Waals surface area contributed by atoms with Gasteiger partial charge in [-0.25, -0.2) is 4.39 Å². The lowest BCUT2D eigenvalue weighted by molar-refractivity contribution is 0.568. The highest BCUT2D eigenvalue weighted by molar-refractivity contribution is 5.34. The van der Waals surface area contributed by atoms with E-state index >= 15 is 0 Å². The number of hydrogen-bond acceptors (Lipinski definition) is 2. The minimum atomic E-state index is -0.163. The molecular formula is C14H15FN2. The van der Waals surface area contributed by atoms with Crippen molar-refractivity contribution in [2.24, 2.45) is 0 Å². The zero-order chi connectivity index (χ0) is 12.3. The van der Waals surface area contributed by atoms with Crippen LogP contribution in [0.2, 0.25) is 0 Å². The van der Waals surface area contributed by atoms with Gasteiger partial charge in [0.25, 0.3) is 0 Å². The molecule has 1 atom stereocenters. The van der Waals surface area contributed by atoms with Crippen molar-refractivity contribution in [3.05, 3.63) is 65.2 Å². The second kappa shape index (κ2) is 5.06. The molecule has 1 heterocycles. The van der Waals surface area contributed by atoms with Crippen molar-refractivity contribution in [2.45, 2.75) is 13.0 Å². The van der Waals surface area contributed by atoms with Gasteiger partial charge in [-0.1, -0.05) is 24.3 Å². The third-order valence-corrected chi connectivity index (χ3v) is 2.84. The SMILES string of the molecule is CNC(c1cccnc1)c1cccc(C)c1F. The molecule has 2 rings (SSSR count). The Morgan fingerprint density at radius 3 is 2.71 bits per heavy atom.